The van der Waals surface area contributed by atoms with E-state index in [1.807, 2.05) is 25.1 Å². The molecule has 0 radical (unpaired) electrons. The van der Waals surface area contributed by atoms with Crippen LogP contribution in [0, 0.1) is 6.92 Å². The number of hydrogen-bond donors (Lipinski definition) is 1. The maximum absolute atomic E-state index is 10.5. The van der Waals surface area contributed by atoms with Crippen LogP contribution in [-0.2, 0) is 12.8 Å². The molecule has 1 aromatic carbocycles. The monoisotopic (exact) mass is 289 g/mol. The molecular weight excluding hydrogens is 274 g/mol. The minimum absolute atomic E-state index is 0.494. The highest BCUT2D eigenvalue weighted by molar-refractivity contribution is 6.30. The van der Waals surface area contributed by atoms with Crippen molar-refractivity contribution in [2.75, 3.05) is 6.61 Å². The molecule has 0 aliphatic carbocycles. The number of aromatic nitrogens is 1. The Hall–Kier alpha value is -1.58. The molecule has 1 aromatic heterocycles. The fourth-order valence-corrected chi connectivity index (χ4v) is 2.94. The van der Waals surface area contributed by atoms with Crippen molar-refractivity contribution in [2.45, 2.75) is 25.9 Å². The summed E-state index contributed by atoms with van der Waals surface area (Å²) in [6.07, 6.45) is 4.26. The third-order valence-corrected chi connectivity index (χ3v) is 3.88. The van der Waals surface area contributed by atoms with Gasteiger partial charge in [-0.15, -0.1) is 0 Å². The normalized spacial score (nSPS) is 14.8. The molecular formula is C16H16ClNO2. The van der Waals surface area contributed by atoms with Gasteiger partial charge in [0.15, 0.2) is 0 Å². The van der Waals surface area contributed by atoms with E-state index in [2.05, 4.69) is 4.98 Å². The first-order valence-electron chi connectivity index (χ1n) is 6.68. The molecule has 1 aliphatic rings. The van der Waals surface area contributed by atoms with Crippen molar-refractivity contribution in [3.8, 4) is 5.75 Å². The highest BCUT2D eigenvalue weighted by atomic mass is 35.5. The van der Waals surface area contributed by atoms with Gasteiger partial charge in [-0.25, -0.2) is 0 Å². The molecule has 1 N–H and O–H groups in total. The number of benzene rings is 1. The van der Waals surface area contributed by atoms with Crippen molar-refractivity contribution >= 4 is 11.6 Å². The van der Waals surface area contributed by atoms with Gasteiger partial charge >= 0.3 is 0 Å². The Morgan fingerprint density at radius 3 is 3.10 bits per heavy atom. The Bertz CT molecular complexity index is 642. The number of aryl methyl sites for hydroxylation is 1. The van der Waals surface area contributed by atoms with Gasteiger partial charge in [-0.05, 0) is 47.4 Å². The molecule has 1 atom stereocenters. The van der Waals surface area contributed by atoms with Gasteiger partial charge in [0.25, 0.3) is 0 Å². The van der Waals surface area contributed by atoms with E-state index >= 15 is 0 Å². The topological polar surface area (TPSA) is 42.4 Å². The first-order chi connectivity index (χ1) is 9.65. The molecule has 20 heavy (non-hydrogen) atoms. The third-order valence-electron chi connectivity index (χ3n) is 3.66. The number of rotatable bonds is 3. The van der Waals surface area contributed by atoms with Gasteiger partial charge in [0.05, 0.1) is 12.7 Å². The predicted molar refractivity (Wildman–Crippen MR) is 78.3 cm³/mol. The number of halogens is 1. The molecule has 0 amide bonds. The number of pyridine rings is 1. The molecule has 0 saturated heterocycles. The molecule has 0 spiro atoms. The van der Waals surface area contributed by atoms with E-state index in [0.29, 0.717) is 18.1 Å². The predicted octanol–water partition coefficient (Wildman–Crippen LogP) is 3.25. The molecule has 3 nitrogen and oxygen atoms in total. The summed E-state index contributed by atoms with van der Waals surface area (Å²) in [5, 5.41) is 11.1. The van der Waals surface area contributed by atoms with E-state index < -0.39 is 6.10 Å². The zero-order chi connectivity index (χ0) is 14.1. The lowest BCUT2D eigenvalue weighted by molar-refractivity contribution is 0.176. The number of hydrogen-bond acceptors (Lipinski definition) is 3. The van der Waals surface area contributed by atoms with Crippen LogP contribution in [0.15, 0.2) is 30.6 Å². The van der Waals surface area contributed by atoms with Gasteiger partial charge in [0.2, 0.25) is 0 Å². The van der Waals surface area contributed by atoms with Crippen molar-refractivity contribution in [2.24, 2.45) is 0 Å². The zero-order valence-electron chi connectivity index (χ0n) is 11.3. The second kappa shape index (κ2) is 5.43. The van der Waals surface area contributed by atoms with Gasteiger partial charge in [0, 0.05) is 30.3 Å². The number of ether oxygens (including phenoxy) is 1. The van der Waals surface area contributed by atoms with E-state index in [-0.39, 0.29) is 0 Å². The van der Waals surface area contributed by atoms with E-state index in [4.69, 9.17) is 16.3 Å². The average Bonchev–Trinajstić information content (AvgIpc) is 2.87. The molecule has 104 valence electrons. The summed E-state index contributed by atoms with van der Waals surface area (Å²) in [6.45, 7) is 2.64. The molecule has 1 unspecified atom stereocenters. The second-order valence-electron chi connectivity index (χ2n) is 5.10. The van der Waals surface area contributed by atoms with Crippen LogP contribution in [0.5, 0.6) is 5.75 Å². The lowest BCUT2D eigenvalue weighted by Crippen LogP contribution is -2.05. The SMILES string of the molecule is Cc1cnccc1C(O)Cc1cc(Cl)cc2c1OCC2. The summed E-state index contributed by atoms with van der Waals surface area (Å²) in [7, 11) is 0. The van der Waals surface area contributed by atoms with Crippen LogP contribution in [0.4, 0.5) is 0 Å². The van der Waals surface area contributed by atoms with E-state index in [1.54, 1.807) is 12.4 Å². The Labute approximate surface area is 123 Å². The summed E-state index contributed by atoms with van der Waals surface area (Å²) >= 11 is 6.14. The van der Waals surface area contributed by atoms with Crippen LogP contribution in [0.1, 0.15) is 28.4 Å². The van der Waals surface area contributed by atoms with Crippen molar-refractivity contribution in [1.82, 2.24) is 4.98 Å². The maximum Gasteiger partial charge on any atom is 0.126 e. The summed E-state index contributed by atoms with van der Waals surface area (Å²) in [5.74, 6) is 0.889. The highest BCUT2D eigenvalue weighted by Gasteiger charge is 2.20. The molecule has 0 bridgehead atoms. The fraction of sp³-hybridized carbons (Fsp3) is 0.312. The zero-order valence-corrected chi connectivity index (χ0v) is 12.0. The van der Waals surface area contributed by atoms with Crippen molar-refractivity contribution in [3.63, 3.8) is 0 Å². The van der Waals surface area contributed by atoms with Gasteiger partial charge in [-0.2, -0.15) is 0 Å². The average molecular weight is 290 g/mol. The van der Waals surface area contributed by atoms with Crippen LogP contribution < -0.4 is 4.74 Å². The number of nitrogens with zero attached hydrogens (tertiary/aromatic N) is 1. The first kappa shape index (κ1) is 13.4. The molecule has 2 aromatic rings. The molecule has 2 heterocycles. The third kappa shape index (κ3) is 2.51. The van der Waals surface area contributed by atoms with Crippen LogP contribution in [0.2, 0.25) is 5.02 Å². The molecule has 0 saturated carbocycles. The van der Waals surface area contributed by atoms with Crippen LogP contribution in [0.25, 0.3) is 0 Å². The van der Waals surface area contributed by atoms with E-state index in [9.17, 15) is 5.11 Å². The number of aliphatic hydroxyl groups excluding tert-OH is 1. The van der Waals surface area contributed by atoms with Crippen LogP contribution in [0.3, 0.4) is 0 Å². The number of aliphatic hydroxyl groups is 1. The van der Waals surface area contributed by atoms with Gasteiger partial charge in [-0.3, -0.25) is 4.98 Å². The number of fused-ring (bicyclic) bond motifs is 1. The summed E-state index contributed by atoms with van der Waals surface area (Å²) < 4.78 is 5.67. The lowest BCUT2D eigenvalue weighted by atomic mass is 9.97. The maximum atomic E-state index is 10.5. The molecule has 0 fully saturated rings. The summed E-state index contributed by atoms with van der Waals surface area (Å²) in [6, 6.07) is 5.68. The Morgan fingerprint density at radius 2 is 2.30 bits per heavy atom. The Morgan fingerprint density at radius 1 is 1.45 bits per heavy atom. The minimum atomic E-state index is -0.579. The summed E-state index contributed by atoms with van der Waals surface area (Å²) in [4.78, 5) is 4.05. The van der Waals surface area contributed by atoms with Crippen molar-refractivity contribution in [1.29, 1.82) is 0 Å². The standard InChI is InChI=1S/C16H16ClNO2/c1-10-9-18-4-2-14(10)15(19)8-12-7-13(17)6-11-3-5-20-16(11)12/h2,4,6-7,9,15,19H,3,5,8H2,1H3. The minimum Gasteiger partial charge on any atom is -0.493 e. The molecule has 4 heteroatoms. The van der Waals surface area contributed by atoms with Gasteiger partial charge in [0.1, 0.15) is 5.75 Å². The highest BCUT2D eigenvalue weighted by Crippen LogP contribution is 2.35. The van der Waals surface area contributed by atoms with Crippen molar-refractivity contribution in [3.05, 3.63) is 57.9 Å². The van der Waals surface area contributed by atoms with Crippen LogP contribution in [-0.4, -0.2) is 16.7 Å². The van der Waals surface area contributed by atoms with E-state index in [0.717, 1.165) is 34.4 Å². The van der Waals surface area contributed by atoms with Crippen LogP contribution >= 0.6 is 11.6 Å². The molecule has 3 rings (SSSR count). The van der Waals surface area contributed by atoms with Crippen molar-refractivity contribution < 1.29 is 9.84 Å². The first-order valence-corrected chi connectivity index (χ1v) is 7.05. The molecule has 1 aliphatic heterocycles. The fourth-order valence-electron chi connectivity index (χ4n) is 2.67. The Kier molecular flexibility index (Phi) is 3.64. The second-order valence-corrected chi connectivity index (χ2v) is 5.54. The largest absolute Gasteiger partial charge is 0.493 e. The van der Waals surface area contributed by atoms with E-state index in [1.165, 1.54) is 0 Å². The van der Waals surface area contributed by atoms with Gasteiger partial charge in [-0.1, -0.05) is 11.6 Å². The Balaban J connectivity index is 1.90. The lowest BCUT2D eigenvalue weighted by Gasteiger charge is -2.15. The smallest absolute Gasteiger partial charge is 0.126 e. The summed E-state index contributed by atoms with van der Waals surface area (Å²) in [5.41, 5.74) is 3.98. The quantitative estimate of drug-likeness (QED) is 0.943. The van der Waals surface area contributed by atoms with Gasteiger partial charge < -0.3 is 9.84 Å².